The molecule has 1 rings (SSSR count). The number of nitrogens with one attached hydrogen (secondary N) is 1. The minimum atomic E-state index is 0.394. The number of rotatable bonds is 4. The molecule has 0 aromatic carbocycles. The van der Waals surface area contributed by atoms with Crippen LogP contribution >= 0.6 is 15.9 Å². The number of pyridine rings is 1. The lowest BCUT2D eigenvalue weighted by atomic mass is 10.2. The van der Waals surface area contributed by atoms with Crippen molar-refractivity contribution < 1.29 is 4.74 Å². The summed E-state index contributed by atoms with van der Waals surface area (Å²) >= 11 is 3.35. The molecule has 16 heavy (non-hydrogen) atoms. The maximum Gasteiger partial charge on any atom is 0.228 e. The largest absolute Gasteiger partial charge is 0.761 e. The fourth-order valence-electron chi connectivity index (χ4n) is 1.09. The van der Waals surface area contributed by atoms with Crippen LogP contribution in [-0.2, 0) is 0 Å². The lowest BCUT2D eigenvalue weighted by Crippen LogP contribution is -2.01. The first-order chi connectivity index (χ1) is 7.60. The van der Waals surface area contributed by atoms with E-state index in [9.17, 15) is 5.21 Å². The highest BCUT2D eigenvalue weighted by atomic mass is 79.9. The van der Waals surface area contributed by atoms with Gasteiger partial charge in [-0.05, 0) is 28.2 Å². The topological polar surface area (TPSA) is 60.4 Å². The van der Waals surface area contributed by atoms with Gasteiger partial charge in [0, 0.05) is 19.7 Å². The predicted molar refractivity (Wildman–Crippen MR) is 68.2 cm³/mol. The van der Waals surface area contributed by atoms with Gasteiger partial charge in [-0.3, -0.25) is 0 Å². The molecule has 0 aliphatic rings. The summed E-state index contributed by atoms with van der Waals surface area (Å²) in [5, 5.41) is 10.7. The number of nitrogens with zero attached hydrogens (tertiary/aromatic N) is 2. The number of methoxy groups -OCH3 is 1. The molecular formula is C10H13BrN3O2-. The van der Waals surface area contributed by atoms with Gasteiger partial charge in [-0.15, -0.1) is 0 Å². The van der Waals surface area contributed by atoms with Gasteiger partial charge in [0.2, 0.25) is 5.88 Å². The fourth-order valence-corrected chi connectivity index (χ4v) is 1.70. The third-order valence-corrected chi connectivity index (χ3v) is 2.63. The van der Waals surface area contributed by atoms with Crippen molar-refractivity contribution in [2.24, 2.45) is 0 Å². The Morgan fingerprint density at radius 2 is 2.25 bits per heavy atom. The van der Waals surface area contributed by atoms with Gasteiger partial charge < -0.3 is 20.3 Å². The molecule has 0 spiro atoms. The fraction of sp³-hybridized carbons (Fsp3) is 0.300. The van der Waals surface area contributed by atoms with Crippen molar-refractivity contribution in [1.82, 2.24) is 9.88 Å². The molecule has 0 radical (unpaired) electrons. The predicted octanol–water partition coefficient (Wildman–Crippen LogP) is 2.29. The molecule has 0 aliphatic carbocycles. The summed E-state index contributed by atoms with van der Waals surface area (Å²) in [5.74, 6) is 0.442. The minimum Gasteiger partial charge on any atom is -0.761 e. The Balaban J connectivity index is 3.21. The van der Waals surface area contributed by atoms with Gasteiger partial charge in [-0.2, -0.15) is 0 Å². The second kappa shape index (κ2) is 5.72. The van der Waals surface area contributed by atoms with Gasteiger partial charge in [0.05, 0.1) is 23.5 Å². The number of ether oxygens (including phenoxy) is 1. The van der Waals surface area contributed by atoms with Crippen LogP contribution in [0.25, 0.3) is 6.08 Å². The first kappa shape index (κ1) is 12.8. The van der Waals surface area contributed by atoms with E-state index >= 15 is 0 Å². The normalized spacial score (nSPS) is 10.6. The molecule has 0 atom stereocenters. The molecular weight excluding hydrogens is 274 g/mol. The number of anilines is 1. The Bertz CT molecular complexity index is 394. The molecule has 0 unspecified atom stereocenters. The maximum absolute atomic E-state index is 10.7. The number of hydrogen-bond acceptors (Lipinski definition) is 5. The van der Waals surface area contributed by atoms with E-state index in [0.717, 1.165) is 0 Å². The molecule has 1 N–H and O–H groups in total. The van der Waals surface area contributed by atoms with Crippen LogP contribution in [0, 0.1) is 5.21 Å². The van der Waals surface area contributed by atoms with E-state index in [1.807, 2.05) is 30.7 Å². The lowest BCUT2D eigenvalue weighted by molar-refractivity contribution is 0.395. The summed E-state index contributed by atoms with van der Waals surface area (Å²) in [5.41, 5.74) is 2.94. The van der Waals surface area contributed by atoms with Crippen LogP contribution in [-0.4, -0.2) is 31.1 Å². The van der Waals surface area contributed by atoms with Gasteiger partial charge in [0.25, 0.3) is 0 Å². The molecule has 0 aliphatic heterocycles. The summed E-state index contributed by atoms with van der Waals surface area (Å²) in [7, 11) is 5.32. The van der Waals surface area contributed by atoms with Gasteiger partial charge in [0.1, 0.15) is 0 Å². The van der Waals surface area contributed by atoms with Crippen molar-refractivity contribution in [2.45, 2.75) is 0 Å². The van der Waals surface area contributed by atoms with E-state index in [1.54, 1.807) is 6.08 Å². The summed E-state index contributed by atoms with van der Waals surface area (Å²) in [6.45, 7) is 0. The van der Waals surface area contributed by atoms with Crippen LogP contribution in [0.4, 0.5) is 5.69 Å². The molecule has 6 heteroatoms. The summed E-state index contributed by atoms with van der Waals surface area (Å²) < 4.78 is 5.70. The molecule has 0 saturated heterocycles. The van der Waals surface area contributed by atoms with Crippen molar-refractivity contribution >= 4 is 27.7 Å². The van der Waals surface area contributed by atoms with Crippen molar-refractivity contribution in [3.05, 3.63) is 27.6 Å². The number of aromatic nitrogens is 1. The quantitative estimate of drug-likeness (QED) is 0.861. The minimum absolute atomic E-state index is 0.394. The highest BCUT2D eigenvalue weighted by Crippen LogP contribution is 2.32. The van der Waals surface area contributed by atoms with Crippen LogP contribution < -0.4 is 10.2 Å². The molecule has 1 heterocycles. The highest BCUT2D eigenvalue weighted by Gasteiger charge is 2.09. The summed E-state index contributed by atoms with van der Waals surface area (Å²) in [6.07, 6.45) is 5.07. The Morgan fingerprint density at radius 3 is 2.75 bits per heavy atom. The standard InChI is InChI=1S/C10H13BrN3O2/c1-14(2)5-4-7-8(13-15)6-12-10(16-3)9(7)11/h4-6,13H,1-3H3/q-1/b5-4+. The molecule has 0 saturated carbocycles. The van der Waals surface area contributed by atoms with E-state index < -0.39 is 0 Å². The smallest absolute Gasteiger partial charge is 0.228 e. The monoisotopic (exact) mass is 286 g/mol. The first-order valence-corrected chi connectivity index (χ1v) is 5.34. The Labute approximate surface area is 103 Å². The Morgan fingerprint density at radius 1 is 1.56 bits per heavy atom. The lowest BCUT2D eigenvalue weighted by Gasteiger charge is -2.15. The average Bonchev–Trinajstić information content (AvgIpc) is 2.26. The first-order valence-electron chi connectivity index (χ1n) is 4.55. The van der Waals surface area contributed by atoms with Gasteiger partial charge >= 0.3 is 0 Å². The molecule has 1 aromatic heterocycles. The van der Waals surface area contributed by atoms with Crippen molar-refractivity contribution in [1.29, 1.82) is 0 Å². The van der Waals surface area contributed by atoms with Gasteiger partial charge in [0.15, 0.2) is 0 Å². The SMILES string of the molecule is COc1ncc(N[O-])c(/C=C/N(C)C)c1Br. The third-order valence-electron chi connectivity index (χ3n) is 1.87. The zero-order valence-corrected chi connectivity index (χ0v) is 10.9. The molecule has 0 bridgehead atoms. The van der Waals surface area contributed by atoms with Crippen molar-refractivity contribution in [3.63, 3.8) is 0 Å². The molecule has 0 fully saturated rings. The van der Waals surface area contributed by atoms with E-state index in [1.165, 1.54) is 13.3 Å². The zero-order chi connectivity index (χ0) is 12.1. The van der Waals surface area contributed by atoms with Crippen LogP contribution in [0.1, 0.15) is 5.56 Å². The third kappa shape index (κ3) is 2.86. The summed E-state index contributed by atoms with van der Waals surface area (Å²) in [6, 6.07) is 0. The molecule has 1 aromatic rings. The molecule has 5 nitrogen and oxygen atoms in total. The Kier molecular flexibility index (Phi) is 4.57. The van der Waals surface area contributed by atoms with Crippen LogP contribution in [0.15, 0.2) is 16.9 Å². The van der Waals surface area contributed by atoms with Gasteiger partial charge in [-0.1, -0.05) is 0 Å². The number of hydrogen-bond donors (Lipinski definition) is 1. The van der Waals surface area contributed by atoms with Crippen molar-refractivity contribution in [3.8, 4) is 5.88 Å². The van der Waals surface area contributed by atoms with E-state index in [0.29, 0.717) is 21.6 Å². The van der Waals surface area contributed by atoms with Crippen LogP contribution in [0.3, 0.4) is 0 Å². The summed E-state index contributed by atoms with van der Waals surface area (Å²) in [4.78, 5) is 5.85. The molecule has 88 valence electrons. The van der Waals surface area contributed by atoms with Crippen molar-refractivity contribution in [2.75, 3.05) is 26.7 Å². The second-order valence-corrected chi connectivity index (χ2v) is 4.08. The molecule has 0 amide bonds. The van der Waals surface area contributed by atoms with Gasteiger partial charge in [-0.25, -0.2) is 4.98 Å². The van der Waals surface area contributed by atoms with E-state index in [2.05, 4.69) is 20.9 Å². The van der Waals surface area contributed by atoms with E-state index in [-0.39, 0.29) is 0 Å². The average molecular weight is 287 g/mol. The highest BCUT2D eigenvalue weighted by molar-refractivity contribution is 9.10. The second-order valence-electron chi connectivity index (χ2n) is 3.29. The Hall–Kier alpha value is -1.27. The van der Waals surface area contributed by atoms with Crippen LogP contribution in [0.5, 0.6) is 5.88 Å². The van der Waals surface area contributed by atoms with Crippen LogP contribution in [0.2, 0.25) is 0 Å². The number of halogens is 1. The maximum atomic E-state index is 10.7. The zero-order valence-electron chi connectivity index (χ0n) is 9.32. The van der Waals surface area contributed by atoms with E-state index in [4.69, 9.17) is 4.74 Å².